The molecule has 3 aromatic rings. The van der Waals surface area contributed by atoms with Crippen LogP contribution in [0.3, 0.4) is 0 Å². The summed E-state index contributed by atoms with van der Waals surface area (Å²) >= 11 is 1.31. The number of carbonyl (C=O) groups excluding carboxylic acids is 1. The average Bonchev–Trinajstić information content (AvgIpc) is 3.10. The highest BCUT2D eigenvalue weighted by Crippen LogP contribution is 2.24. The average molecular weight is 289 g/mol. The van der Waals surface area contributed by atoms with Gasteiger partial charge >= 0.3 is 0 Å². The Bertz CT molecular complexity index is 740. The summed E-state index contributed by atoms with van der Waals surface area (Å²) in [6.45, 7) is 0. The van der Waals surface area contributed by atoms with Crippen molar-refractivity contribution in [3.05, 3.63) is 52.7 Å². The highest BCUT2D eigenvalue weighted by molar-refractivity contribution is 7.07. The van der Waals surface area contributed by atoms with Crippen molar-refractivity contribution in [3.8, 4) is 11.3 Å². The predicted octanol–water partition coefficient (Wildman–Crippen LogP) is 3.19. The minimum Gasteiger partial charge on any atom is -0.338 e. The van der Waals surface area contributed by atoms with E-state index in [1.54, 1.807) is 29.1 Å². The summed E-state index contributed by atoms with van der Waals surface area (Å²) in [4.78, 5) is 15.6. The maximum absolute atomic E-state index is 13.6. The number of hydrogen-bond donors (Lipinski definition) is 1. The zero-order valence-corrected chi connectivity index (χ0v) is 10.9. The molecule has 20 heavy (non-hydrogen) atoms. The van der Waals surface area contributed by atoms with E-state index in [-0.39, 0.29) is 5.88 Å². The molecule has 0 unspecified atom stereocenters. The Kier molecular flexibility index (Phi) is 3.26. The molecule has 1 amide bonds. The van der Waals surface area contributed by atoms with Gasteiger partial charge in [-0.2, -0.15) is 0 Å². The molecule has 0 atom stereocenters. The molecule has 3 rings (SSSR count). The molecule has 100 valence electrons. The Balaban J connectivity index is 1.81. The molecule has 0 aliphatic carbocycles. The first-order valence-corrected chi connectivity index (χ1v) is 6.59. The van der Waals surface area contributed by atoms with E-state index < -0.39 is 11.7 Å². The van der Waals surface area contributed by atoms with Crippen molar-refractivity contribution in [2.45, 2.75) is 0 Å². The Morgan fingerprint density at radius 1 is 1.35 bits per heavy atom. The van der Waals surface area contributed by atoms with E-state index in [1.165, 1.54) is 23.5 Å². The van der Waals surface area contributed by atoms with Crippen LogP contribution in [0.2, 0.25) is 0 Å². The summed E-state index contributed by atoms with van der Waals surface area (Å²) < 4.78 is 18.6. The molecule has 0 aliphatic heterocycles. The molecule has 0 bridgehead atoms. The number of nitrogens with zero attached hydrogens (tertiary/aromatic N) is 2. The normalized spacial score (nSPS) is 10.4. The van der Waals surface area contributed by atoms with Crippen LogP contribution >= 0.6 is 11.3 Å². The van der Waals surface area contributed by atoms with E-state index >= 15 is 0 Å². The molecule has 0 fully saturated rings. The van der Waals surface area contributed by atoms with Crippen molar-refractivity contribution >= 4 is 23.1 Å². The van der Waals surface area contributed by atoms with Gasteiger partial charge in [0.25, 0.3) is 5.91 Å². The third kappa shape index (κ3) is 2.43. The molecule has 1 N–H and O–H groups in total. The van der Waals surface area contributed by atoms with Gasteiger partial charge in [-0.15, -0.1) is 11.3 Å². The van der Waals surface area contributed by atoms with Gasteiger partial charge in [0.15, 0.2) is 0 Å². The molecule has 2 heterocycles. The number of rotatable bonds is 3. The number of halogens is 1. The van der Waals surface area contributed by atoms with E-state index in [0.29, 0.717) is 17.0 Å². The van der Waals surface area contributed by atoms with Crippen molar-refractivity contribution < 1.29 is 13.7 Å². The number of benzene rings is 1. The second kappa shape index (κ2) is 5.22. The third-order valence-electron chi connectivity index (χ3n) is 2.56. The number of hydrogen-bond acceptors (Lipinski definition) is 5. The second-order valence-corrected chi connectivity index (χ2v) is 4.60. The molecule has 0 aliphatic rings. The van der Waals surface area contributed by atoms with Gasteiger partial charge in [-0.3, -0.25) is 10.1 Å². The van der Waals surface area contributed by atoms with Crippen molar-refractivity contribution in [1.29, 1.82) is 0 Å². The quantitative estimate of drug-likeness (QED) is 0.804. The molecule has 2 aromatic heterocycles. The van der Waals surface area contributed by atoms with Crippen molar-refractivity contribution in [2.75, 3.05) is 5.32 Å². The molecular formula is C13H8FN3O2S. The number of thiazole rings is 1. The molecule has 0 spiro atoms. The number of amides is 1. The zero-order valence-electron chi connectivity index (χ0n) is 10.0. The van der Waals surface area contributed by atoms with Gasteiger partial charge < -0.3 is 4.52 Å². The van der Waals surface area contributed by atoms with Gasteiger partial charge in [0.05, 0.1) is 5.51 Å². The zero-order chi connectivity index (χ0) is 13.9. The molecular weight excluding hydrogens is 281 g/mol. The van der Waals surface area contributed by atoms with Crippen LogP contribution in [0.5, 0.6) is 0 Å². The molecule has 5 nitrogen and oxygen atoms in total. The van der Waals surface area contributed by atoms with Crippen LogP contribution in [0.1, 0.15) is 10.5 Å². The monoisotopic (exact) mass is 289 g/mol. The minimum absolute atomic E-state index is 0.140. The SMILES string of the molecule is O=C(Nc1cc(-c2ccccc2F)no1)c1cscn1. The molecule has 7 heteroatoms. The van der Waals surface area contributed by atoms with Gasteiger partial charge in [0, 0.05) is 17.0 Å². The van der Waals surface area contributed by atoms with Crippen LogP contribution in [-0.2, 0) is 0 Å². The Labute approximate surface area is 117 Å². The number of aromatic nitrogens is 2. The van der Waals surface area contributed by atoms with Gasteiger partial charge in [-0.25, -0.2) is 9.37 Å². The van der Waals surface area contributed by atoms with Crippen LogP contribution in [-0.4, -0.2) is 16.0 Å². The lowest BCUT2D eigenvalue weighted by atomic mass is 10.1. The topological polar surface area (TPSA) is 68.0 Å². The Morgan fingerprint density at radius 2 is 2.20 bits per heavy atom. The van der Waals surface area contributed by atoms with Crippen LogP contribution in [0.25, 0.3) is 11.3 Å². The van der Waals surface area contributed by atoms with E-state index in [0.717, 1.165) is 0 Å². The highest BCUT2D eigenvalue weighted by Gasteiger charge is 2.14. The standard InChI is InChI=1S/C13H8FN3O2S/c14-9-4-2-1-3-8(9)10-5-12(19-17-10)16-13(18)11-6-20-7-15-11/h1-7H,(H,16,18). The number of carbonyl (C=O) groups is 1. The first kappa shape index (κ1) is 12.5. The van der Waals surface area contributed by atoms with Gasteiger partial charge in [-0.05, 0) is 12.1 Å². The number of nitrogens with one attached hydrogen (secondary N) is 1. The summed E-state index contributed by atoms with van der Waals surface area (Å²) in [5, 5.41) is 7.86. The Hall–Kier alpha value is -2.54. The van der Waals surface area contributed by atoms with Crippen molar-refractivity contribution in [3.63, 3.8) is 0 Å². The second-order valence-electron chi connectivity index (χ2n) is 3.88. The summed E-state index contributed by atoms with van der Waals surface area (Å²) in [5.41, 5.74) is 2.47. The maximum atomic E-state index is 13.6. The first-order chi connectivity index (χ1) is 9.74. The van der Waals surface area contributed by atoms with Crippen LogP contribution in [0.15, 0.2) is 45.7 Å². The largest absolute Gasteiger partial charge is 0.338 e. The van der Waals surface area contributed by atoms with E-state index in [2.05, 4.69) is 15.5 Å². The summed E-state index contributed by atoms with van der Waals surface area (Å²) in [6, 6.07) is 7.66. The fourth-order valence-corrected chi connectivity index (χ4v) is 2.16. The van der Waals surface area contributed by atoms with Crippen molar-refractivity contribution in [2.24, 2.45) is 0 Å². The van der Waals surface area contributed by atoms with E-state index in [9.17, 15) is 9.18 Å². The lowest BCUT2D eigenvalue weighted by Crippen LogP contribution is -2.11. The minimum atomic E-state index is -0.404. The molecule has 1 aromatic carbocycles. The third-order valence-corrected chi connectivity index (χ3v) is 3.15. The van der Waals surface area contributed by atoms with Crippen LogP contribution in [0.4, 0.5) is 10.3 Å². The fourth-order valence-electron chi connectivity index (χ4n) is 1.63. The lowest BCUT2D eigenvalue weighted by Gasteiger charge is -1.96. The summed E-state index contributed by atoms with van der Waals surface area (Å²) in [7, 11) is 0. The van der Waals surface area contributed by atoms with Gasteiger partial charge in [0.1, 0.15) is 17.2 Å². The smallest absolute Gasteiger partial charge is 0.277 e. The summed E-state index contributed by atoms with van der Waals surface area (Å²) in [5.74, 6) is -0.665. The number of anilines is 1. The predicted molar refractivity (Wildman–Crippen MR) is 72.0 cm³/mol. The van der Waals surface area contributed by atoms with Gasteiger partial charge in [-0.1, -0.05) is 17.3 Å². The lowest BCUT2D eigenvalue weighted by molar-refractivity contribution is 0.102. The van der Waals surface area contributed by atoms with Crippen molar-refractivity contribution in [1.82, 2.24) is 10.1 Å². The van der Waals surface area contributed by atoms with Crippen LogP contribution < -0.4 is 5.32 Å². The van der Waals surface area contributed by atoms with E-state index in [4.69, 9.17) is 4.52 Å². The fraction of sp³-hybridized carbons (Fsp3) is 0. The molecule has 0 saturated carbocycles. The first-order valence-electron chi connectivity index (χ1n) is 5.65. The van der Waals surface area contributed by atoms with E-state index in [1.807, 2.05) is 0 Å². The van der Waals surface area contributed by atoms with Crippen LogP contribution in [0, 0.1) is 5.82 Å². The van der Waals surface area contributed by atoms with Gasteiger partial charge in [0.2, 0.25) is 5.88 Å². The molecule has 0 saturated heterocycles. The summed E-state index contributed by atoms with van der Waals surface area (Å²) in [6.07, 6.45) is 0. The molecule has 0 radical (unpaired) electrons. The Morgan fingerprint density at radius 3 is 2.95 bits per heavy atom. The maximum Gasteiger partial charge on any atom is 0.277 e. The highest BCUT2D eigenvalue weighted by atomic mass is 32.1.